The average Bonchev–Trinajstić information content (AvgIpc) is 2.70. The lowest BCUT2D eigenvalue weighted by molar-refractivity contribution is 0.765. The molecule has 2 aromatic rings. The molecule has 0 amide bonds. The van der Waals surface area contributed by atoms with Crippen LogP contribution in [0.5, 0.6) is 0 Å². The molecule has 2 rings (SSSR count). The summed E-state index contributed by atoms with van der Waals surface area (Å²) in [6, 6.07) is 6.52. The average molecular weight is 294 g/mol. The Balaban J connectivity index is 2.18. The highest BCUT2D eigenvalue weighted by Gasteiger charge is 2.09. The van der Waals surface area contributed by atoms with Crippen LogP contribution in [0, 0.1) is 6.92 Å². The van der Waals surface area contributed by atoms with Crippen LogP contribution in [0.3, 0.4) is 0 Å². The molecule has 0 aliphatic heterocycles. The molecule has 0 aliphatic rings. The zero-order chi connectivity index (χ0) is 12.4. The van der Waals surface area contributed by atoms with E-state index >= 15 is 0 Å². The van der Waals surface area contributed by atoms with Crippen molar-refractivity contribution in [2.75, 3.05) is 5.32 Å². The van der Waals surface area contributed by atoms with Crippen molar-refractivity contribution < 1.29 is 0 Å². The Morgan fingerprint density at radius 1 is 1.41 bits per heavy atom. The Morgan fingerprint density at radius 2 is 2.18 bits per heavy atom. The molecule has 0 radical (unpaired) electrons. The van der Waals surface area contributed by atoms with Gasteiger partial charge in [-0.15, -0.1) is 0 Å². The highest BCUT2D eigenvalue weighted by molar-refractivity contribution is 9.10. The molecule has 0 saturated heterocycles. The van der Waals surface area contributed by atoms with Gasteiger partial charge in [-0.3, -0.25) is 4.68 Å². The quantitative estimate of drug-likeness (QED) is 0.936. The van der Waals surface area contributed by atoms with Gasteiger partial charge in [-0.05, 0) is 47.5 Å². The third kappa shape index (κ3) is 2.88. The van der Waals surface area contributed by atoms with Crippen LogP contribution in [-0.4, -0.2) is 9.78 Å². The molecule has 1 N–H and O–H groups in total. The molecule has 17 heavy (non-hydrogen) atoms. The molecule has 3 nitrogen and oxygen atoms in total. The number of hydrogen-bond acceptors (Lipinski definition) is 2. The molecule has 1 unspecified atom stereocenters. The third-order valence-corrected chi connectivity index (χ3v) is 3.41. The second-order valence-corrected chi connectivity index (χ2v) is 5.15. The van der Waals surface area contributed by atoms with E-state index in [1.807, 2.05) is 24.1 Å². The first-order valence-corrected chi connectivity index (χ1v) is 6.37. The number of nitrogens with one attached hydrogen (secondary N) is 1. The molecular weight excluding hydrogens is 278 g/mol. The Kier molecular flexibility index (Phi) is 3.52. The minimum Gasteiger partial charge on any atom is -0.377 e. The molecule has 0 bridgehead atoms. The molecule has 0 aliphatic carbocycles. The maximum absolute atomic E-state index is 4.18. The van der Waals surface area contributed by atoms with Gasteiger partial charge in [0.15, 0.2) is 0 Å². The number of benzene rings is 1. The second kappa shape index (κ2) is 4.92. The lowest BCUT2D eigenvalue weighted by Gasteiger charge is -2.15. The van der Waals surface area contributed by atoms with Crippen molar-refractivity contribution in [2.24, 2.45) is 7.05 Å². The monoisotopic (exact) mass is 293 g/mol. The maximum atomic E-state index is 4.18. The number of hydrogen-bond donors (Lipinski definition) is 1. The first-order valence-electron chi connectivity index (χ1n) is 5.57. The molecule has 1 atom stereocenters. The highest BCUT2D eigenvalue weighted by Crippen LogP contribution is 2.27. The molecule has 1 heterocycles. The van der Waals surface area contributed by atoms with Gasteiger partial charge in [-0.1, -0.05) is 6.07 Å². The predicted octanol–water partition coefficient (Wildman–Crippen LogP) is 3.66. The van der Waals surface area contributed by atoms with Crippen LogP contribution in [0.25, 0.3) is 0 Å². The first-order chi connectivity index (χ1) is 8.06. The highest BCUT2D eigenvalue weighted by atomic mass is 79.9. The Bertz CT molecular complexity index is 519. The van der Waals surface area contributed by atoms with Crippen molar-refractivity contribution in [2.45, 2.75) is 19.9 Å². The molecule has 1 aromatic carbocycles. The molecular formula is C13H16BrN3. The molecule has 0 fully saturated rings. The van der Waals surface area contributed by atoms with Crippen molar-refractivity contribution >= 4 is 21.6 Å². The van der Waals surface area contributed by atoms with Crippen LogP contribution in [0.4, 0.5) is 5.69 Å². The number of aryl methyl sites for hydroxylation is 2. The summed E-state index contributed by atoms with van der Waals surface area (Å²) < 4.78 is 2.90. The number of anilines is 1. The Labute approximate surface area is 110 Å². The molecule has 1 aromatic heterocycles. The zero-order valence-corrected chi connectivity index (χ0v) is 11.8. The predicted molar refractivity (Wildman–Crippen MR) is 74.1 cm³/mol. The van der Waals surface area contributed by atoms with Crippen molar-refractivity contribution in [3.8, 4) is 0 Å². The number of aromatic nitrogens is 2. The van der Waals surface area contributed by atoms with E-state index in [1.54, 1.807) is 0 Å². The van der Waals surface area contributed by atoms with E-state index in [-0.39, 0.29) is 6.04 Å². The van der Waals surface area contributed by atoms with Gasteiger partial charge >= 0.3 is 0 Å². The van der Waals surface area contributed by atoms with Crippen molar-refractivity contribution in [1.29, 1.82) is 0 Å². The van der Waals surface area contributed by atoms with Crippen molar-refractivity contribution in [3.63, 3.8) is 0 Å². The zero-order valence-electron chi connectivity index (χ0n) is 10.2. The van der Waals surface area contributed by atoms with Crippen molar-refractivity contribution in [1.82, 2.24) is 9.78 Å². The maximum Gasteiger partial charge on any atom is 0.0542 e. The van der Waals surface area contributed by atoms with Gasteiger partial charge in [0.25, 0.3) is 0 Å². The Morgan fingerprint density at radius 3 is 2.82 bits per heavy atom. The van der Waals surface area contributed by atoms with Crippen LogP contribution in [0.15, 0.2) is 35.1 Å². The summed E-state index contributed by atoms with van der Waals surface area (Å²) in [6.07, 6.45) is 3.92. The van der Waals surface area contributed by atoms with Crippen molar-refractivity contribution in [3.05, 3.63) is 46.2 Å². The standard InChI is InChI=1S/C13H16BrN3/c1-9-4-5-12(14)13(6-9)16-10(2)11-7-15-17(3)8-11/h4-8,10,16H,1-3H3. The van der Waals surface area contributed by atoms with Crippen LogP contribution in [0.1, 0.15) is 24.1 Å². The lowest BCUT2D eigenvalue weighted by Crippen LogP contribution is -2.06. The minimum atomic E-state index is 0.238. The number of rotatable bonds is 3. The summed E-state index contributed by atoms with van der Waals surface area (Å²) in [4.78, 5) is 0. The lowest BCUT2D eigenvalue weighted by atomic mass is 10.1. The van der Waals surface area contributed by atoms with E-state index < -0.39 is 0 Å². The second-order valence-electron chi connectivity index (χ2n) is 4.30. The van der Waals surface area contributed by atoms with E-state index in [4.69, 9.17) is 0 Å². The van der Waals surface area contributed by atoms with Crippen LogP contribution >= 0.6 is 15.9 Å². The van der Waals surface area contributed by atoms with Gasteiger partial charge in [0.05, 0.1) is 12.2 Å². The fourth-order valence-corrected chi connectivity index (χ4v) is 2.09. The fourth-order valence-electron chi connectivity index (χ4n) is 1.73. The molecule has 0 saturated carbocycles. The third-order valence-electron chi connectivity index (χ3n) is 2.72. The van der Waals surface area contributed by atoms with Crippen LogP contribution in [0.2, 0.25) is 0 Å². The first kappa shape index (κ1) is 12.2. The topological polar surface area (TPSA) is 29.9 Å². The van der Waals surface area contributed by atoms with E-state index in [1.165, 1.54) is 11.1 Å². The number of halogens is 1. The minimum absolute atomic E-state index is 0.238. The number of nitrogens with zero attached hydrogens (tertiary/aromatic N) is 2. The van der Waals surface area contributed by atoms with Gasteiger partial charge in [0.2, 0.25) is 0 Å². The van der Waals surface area contributed by atoms with E-state index in [0.717, 1.165) is 10.2 Å². The smallest absolute Gasteiger partial charge is 0.0542 e. The summed E-state index contributed by atoms with van der Waals surface area (Å²) in [5.74, 6) is 0. The molecule has 0 spiro atoms. The largest absolute Gasteiger partial charge is 0.377 e. The van der Waals surface area contributed by atoms with Crippen LogP contribution in [-0.2, 0) is 7.05 Å². The van der Waals surface area contributed by atoms with Gasteiger partial charge in [-0.25, -0.2) is 0 Å². The summed E-state index contributed by atoms with van der Waals surface area (Å²) in [7, 11) is 1.93. The Hall–Kier alpha value is -1.29. The fraction of sp³-hybridized carbons (Fsp3) is 0.308. The molecule has 90 valence electrons. The van der Waals surface area contributed by atoms with E-state index in [0.29, 0.717) is 0 Å². The summed E-state index contributed by atoms with van der Waals surface area (Å²) >= 11 is 3.55. The van der Waals surface area contributed by atoms with E-state index in [2.05, 4.69) is 58.4 Å². The van der Waals surface area contributed by atoms with E-state index in [9.17, 15) is 0 Å². The van der Waals surface area contributed by atoms with Gasteiger partial charge < -0.3 is 5.32 Å². The summed E-state index contributed by atoms with van der Waals surface area (Å²) in [5, 5.41) is 7.66. The summed E-state index contributed by atoms with van der Waals surface area (Å²) in [6.45, 7) is 4.22. The van der Waals surface area contributed by atoms with Gasteiger partial charge in [0.1, 0.15) is 0 Å². The van der Waals surface area contributed by atoms with Gasteiger partial charge in [0, 0.05) is 29.0 Å². The SMILES string of the molecule is Cc1ccc(Br)c(NC(C)c2cnn(C)c2)c1. The van der Waals surface area contributed by atoms with Crippen LogP contribution < -0.4 is 5.32 Å². The normalized spacial score (nSPS) is 12.5. The molecule has 4 heteroatoms. The van der Waals surface area contributed by atoms with Gasteiger partial charge in [-0.2, -0.15) is 5.10 Å². The summed E-state index contributed by atoms with van der Waals surface area (Å²) in [5.41, 5.74) is 3.54.